The van der Waals surface area contributed by atoms with E-state index in [0.717, 1.165) is 24.1 Å². The first-order valence-electron chi connectivity index (χ1n) is 5.94. The highest BCUT2D eigenvalue weighted by atomic mass is 16.6. The van der Waals surface area contributed by atoms with Crippen LogP contribution in [0.1, 0.15) is 39.2 Å². The highest BCUT2D eigenvalue weighted by Crippen LogP contribution is 2.15. The largest absolute Gasteiger partial charge is 0.460 e. The molecule has 0 heterocycles. The molecule has 3 nitrogen and oxygen atoms in total. The monoisotopic (exact) mass is 235 g/mol. The lowest BCUT2D eigenvalue weighted by Gasteiger charge is -2.19. The Bertz CT molecular complexity index is 380. The van der Waals surface area contributed by atoms with E-state index in [1.807, 2.05) is 45.0 Å². The second kappa shape index (κ2) is 5.71. The van der Waals surface area contributed by atoms with Crippen molar-refractivity contribution in [2.24, 2.45) is 0 Å². The molecule has 0 amide bonds. The molecule has 1 aromatic carbocycles. The van der Waals surface area contributed by atoms with Crippen molar-refractivity contribution in [1.82, 2.24) is 0 Å². The molecule has 1 aromatic rings. The van der Waals surface area contributed by atoms with Gasteiger partial charge in [0.25, 0.3) is 0 Å². The van der Waals surface area contributed by atoms with Gasteiger partial charge >= 0.3 is 5.97 Å². The Labute approximate surface area is 103 Å². The Balaban J connectivity index is 2.34. The molecule has 0 radical (unpaired) electrons. The summed E-state index contributed by atoms with van der Waals surface area (Å²) >= 11 is 0. The van der Waals surface area contributed by atoms with Gasteiger partial charge in [-0.05, 0) is 45.2 Å². The van der Waals surface area contributed by atoms with Gasteiger partial charge in [0.15, 0.2) is 0 Å². The number of rotatable bonds is 4. The Kier molecular flexibility index (Phi) is 4.55. The summed E-state index contributed by atoms with van der Waals surface area (Å²) in [4.78, 5) is 11.5. The van der Waals surface area contributed by atoms with Gasteiger partial charge in [-0.1, -0.05) is 18.2 Å². The van der Waals surface area contributed by atoms with Gasteiger partial charge in [0.2, 0.25) is 0 Å². The number of carbonyl (C=O) groups is 1. The minimum absolute atomic E-state index is 0.146. The normalized spacial score (nSPS) is 11.2. The number of hydrogen-bond acceptors (Lipinski definition) is 3. The van der Waals surface area contributed by atoms with E-state index in [-0.39, 0.29) is 5.97 Å². The summed E-state index contributed by atoms with van der Waals surface area (Å²) in [7, 11) is 0. The second-order valence-electron chi connectivity index (χ2n) is 5.14. The maximum absolute atomic E-state index is 11.5. The number of nitrogens with two attached hydrogens (primary N) is 1. The number of nitrogen functional groups attached to an aromatic ring is 1. The molecule has 0 bridgehead atoms. The molecule has 94 valence electrons. The zero-order valence-corrected chi connectivity index (χ0v) is 10.8. The van der Waals surface area contributed by atoms with E-state index in [1.165, 1.54) is 0 Å². The molecule has 17 heavy (non-hydrogen) atoms. The lowest BCUT2D eigenvalue weighted by atomic mass is 10.1. The van der Waals surface area contributed by atoms with Crippen LogP contribution in [-0.4, -0.2) is 11.6 Å². The van der Waals surface area contributed by atoms with Crippen molar-refractivity contribution in [1.29, 1.82) is 0 Å². The van der Waals surface area contributed by atoms with Gasteiger partial charge in [0.1, 0.15) is 5.60 Å². The average Bonchev–Trinajstić information content (AvgIpc) is 2.18. The van der Waals surface area contributed by atoms with Crippen molar-refractivity contribution in [2.75, 3.05) is 5.73 Å². The number of esters is 1. The quantitative estimate of drug-likeness (QED) is 0.645. The second-order valence-corrected chi connectivity index (χ2v) is 5.14. The minimum atomic E-state index is -0.400. The first-order chi connectivity index (χ1) is 7.88. The standard InChI is InChI=1S/C14H21NO2/c1-14(2,3)17-13(16)10-6-8-11-7-4-5-9-12(11)15/h4-5,7,9H,6,8,10,15H2,1-3H3. The molecule has 0 aliphatic carbocycles. The van der Waals surface area contributed by atoms with Gasteiger partial charge in [-0.2, -0.15) is 0 Å². The minimum Gasteiger partial charge on any atom is -0.460 e. The lowest BCUT2D eigenvalue weighted by Crippen LogP contribution is -2.23. The SMILES string of the molecule is CC(C)(C)OC(=O)CCCc1ccccc1N. The topological polar surface area (TPSA) is 52.3 Å². The van der Waals surface area contributed by atoms with E-state index in [1.54, 1.807) is 0 Å². The van der Waals surface area contributed by atoms with Gasteiger partial charge < -0.3 is 10.5 Å². The number of carbonyl (C=O) groups excluding carboxylic acids is 1. The third-order valence-electron chi connectivity index (χ3n) is 2.30. The van der Waals surface area contributed by atoms with Gasteiger partial charge in [0.05, 0.1) is 0 Å². The van der Waals surface area contributed by atoms with Crippen molar-refractivity contribution < 1.29 is 9.53 Å². The third-order valence-corrected chi connectivity index (χ3v) is 2.30. The molecule has 0 aromatic heterocycles. The predicted molar refractivity (Wildman–Crippen MR) is 69.6 cm³/mol. The van der Waals surface area contributed by atoms with Crippen LogP contribution in [0.25, 0.3) is 0 Å². The molecule has 0 fully saturated rings. The molecular weight excluding hydrogens is 214 g/mol. The van der Waals surface area contributed by atoms with E-state index < -0.39 is 5.60 Å². The maximum atomic E-state index is 11.5. The van der Waals surface area contributed by atoms with Crippen LogP contribution in [0.3, 0.4) is 0 Å². The van der Waals surface area contributed by atoms with Crippen LogP contribution in [0.2, 0.25) is 0 Å². The number of para-hydroxylation sites is 1. The number of anilines is 1. The van der Waals surface area contributed by atoms with Crippen molar-refractivity contribution >= 4 is 11.7 Å². The first-order valence-corrected chi connectivity index (χ1v) is 5.94. The molecule has 3 heteroatoms. The molecule has 0 saturated heterocycles. The fraction of sp³-hybridized carbons (Fsp3) is 0.500. The Hall–Kier alpha value is -1.51. The van der Waals surface area contributed by atoms with Gasteiger partial charge in [-0.3, -0.25) is 4.79 Å². The summed E-state index contributed by atoms with van der Waals surface area (Å²) in [5.74, 6) is -0.146. The lowest BCUT2D eigenvalue weighted by molar-refractivity contribution is -0.154. The van der Waals surface area contributed by atoms with E-state index in [0.29, 0.717) is 6.42 Å². The van der Waals surface area contributed by atoms with Crippen LogP contribution in [0.15, 0.2) is 24.3 Å². The van der Waals surface area contributed by atoms with E-state index in [2.05, 4.69) is 0 Å². The summed E-state index contributed by atoms with van der Waals surface area (Å²) in [6.45, 7) is 5.63. The Morgan fingerprint density at radius 3 is 2.53 bits per heavy atom. The smallest absolute Gasteiger partial charge is 0.306 e. The molecular formula is C14H21NO2. The zero-order chi connectivity index (χ0) is 12.9. The van der Waals surface area contributed by atoms with Crippen LogP contribution < -0.4 is 5.73 Å². The summed E-state index contributed by atoms with van der Waals surface area (Å²) in [5.41, 5.74) is 7.31. The molecule has 0 aliphatic heterocycles. The fourth-order valence-corrected chi connectivity index (χ4v) is 1.58. The summed E-state index contributed by atoms with van der Waals surface area (Å²) in [5, 5.41) is 0. The number of ether oxygens (including phenoxy) is 1. The summed E-state index contributed by atoms with van der Waals surface area (Å²) < 4.78 is 5.24. The first kappa shape index (κ1) is 13.6. The molecule has 1 rings (SSSR count). The molecule has 0 atom stereocenters. The molecule has 0 spiro atoms. The van der Waals surface area contributed by atoms with Crippen molar-refractivity contribution in [3.63, 3.8) is 0 Å². The highest BCUT2D eigenvalue weighted by molar-refractivity contribution is 5.69. The molecule has 0 unspecified atom stereocenters. The average molecular weight is 235 g/mol. The van der Waals surface area contributed by atoms with Gasteiger partial charge in [-0.15, -0.1) is 0 Å². The maximum Gasteiger partial charge on any atom is 0.306 e. The molecule has 0 saturated carbocycles. The van der Waals surface area contributed by atoms with Gasteiger partial charge in [-0.25, -0.2) is 0 Å². The van der Waals surface area contributed by atoms with Crippen molar-refractivity contribution in [2.45, 2.75) is 45.6 Å². The summed E-state index contributed by atoms with van der Waals surface area (Å²) in [6.07, 6.45) is 2.01. The van der Waals surface area contributed by atoms with Crippen LogP contribution >= 0.6 is 0 Å². The number of hydrogen-bond donors (Lipinski definition) is 1. The Morgan fingerprint density at radius 1 is 1.29 bits per heavy atom. The van der Waals surface area contributed by atoms with Gasteiger partial charge in [0, 0.05) is 12.1 Å². The molecule has 2 N–H and O–H groups in total. The van der Waals surface area contributed by atoms with Crippen molar-refractivity contribution in [3.05, 3.63) is 29.8 Å². The third kappa shape index (κ3) is 5.38. The van der Waals surface area contributed by atoms with E-state index in [9.17, 15) is 4.79 Å². The van der Waals surface area contributed by atoms with E-state index in [4.69, 9.17) is 10.5 Å². The Morgan fingerprint density at radius 2 is 1.94 bits per heavy atom. The van der Waals surface area contributed by atoms with Crippen molar-refractivity contribution in [3.8, 4) is 0 Å². The number of benzene rings is 1. The zero-order valence-electron chi connectivity index (χ0n) is 10.8. The van der Waals surface area contributed by atoms with Crippen LogP contribution in [0, 0.1) is 0 Å². The molecule has 0 aliphatic rings. The van der Waals surface area contributed by atoms with Crippen LogP contribution in [-0.2, 0) is 16.0 Å². The van der Waals surface area contributed by atoms with Crippen LogP contribution in [0.4, 0.5) is 5.69 Å². The predicted octanol–water partition coefficient (Wildman–Crippen LogP) is 2.93. The summed E-state index contributed by atoms with van der Waals surface area (Å²) in [6, 6.07) is 7.74. The van der Waals surface area contributed by atoms with Crippen LogP contribution in [0.5, 0.6) is 0 Å². The van der Waals surface area contributed by atoms with E-state index >= 15 is 0 Å². The number of aryl methyl sites for hydroxylation is 1. The highest BCUT2D eigenvalue weighted by Gasteiger charge is 2.15. The fourth-order valence-electron chi connectivity index (χ4n) is 1.58.